The third-order valence-corrected chi connectivity index (χ3v) is 2.27. The smallest absolute Gasteiger partial charge is 0.338 e. The molecule has 0 bridgehead atoms. The number of esters is 1. The van der Waals surface area contributed by atoms with E-state index in [-0.39, 0.29) is 5.97 Å². The Bertz CT molecular complexity index is 376. The van der Waals surface area contributed by atoms with Gasteiger partial charge in [0.15, 0.2) is 0 Å². The van der Waals surface area contributed by atoms with Gasteiger partial charge in [0.2, 0.25) is 0 Å². The van der Waals surface area contributed by atoms with Gasteiger partial charge in [0.1, 0.15) is 0 Å². The van der Waals surface area contributed by atoms with E-state index in [0.717, 1.165) is 5.56 Å². The molecular weight excluding hydrogens is 190 g/mol. The first-order valence-corrected chi connectivity index (χ1v) is 4.31. The summed E-state index contributed by atoms with van der Waals surface area (Å²) in [7, 11) is 0. The molecule has 0 saturated carbocycles. The molecule has 1 heterocycles. The molecule has 0 saturated heterocycles. The molecule has 0 fully saturated rings. The van der Waals surface area contributed by atoms with Crippen LogP contribution in [-0.4, -0.2) is 12.6 Å². The molecule has 0 atom stereocenters. The van der Waals surface area contributed by atoms with E-state index in [1.54, 1.807) is 12.1 Å². The van der Waals surface area contributed by atoms with Gasteiger partial charge in [0.05, 0.1) is 12.2 Å². The van der Waals surface area contributed by atoms with Crippen molar-refractivity contribution >= 4 is 23.3 Å². The summed E-state index contributed by atoms with van der Waals surface area (Å²) in [4.78, 5) is 11.3. The van der Waals surface area contributed by atoms with Gasteiger partial charge in [-0.15, -0.1) is 0 Å². The number of benzene rings is 1. The van der Waals surface area contributed by atoms with Crippen LogP contribution in [0.1, 0.15) is 15.9 Å². The first-order valence-electron chi connectivity index (χ1n) is 3.93. The van der Waals surface area contributed by atoms with Gasteiger partial charge in [-0.1, -0.05) is 11.6 Å². The summed E-state index contributed by atoms with van der Waals surface area (Å²) < 4.78 is 4.86. The lowest BCUT2D eigenvalue weighted by Gasteiger charge is -2.17. The highest BCUT2D eigenvalue weighted by Gasteiger charge is 2.20. The SMILES string of the molecule is Nc1cc(Cl)cc2c1CCOC2=O. The number of ether oxygens (including phenoxy) is 1. The highest BCUT2D eigenvalue weighted by molar-refractivity contribution is 6.31. The Morgan fingerprint density at radius 2 is 2.23 bits per heavy atom. The maximum atomic E-state index is 11.3. The molecule has 68 valence electrons. The van der Waals surface area contributed by atoms with E-state index in [1.165, 1.54) is 0 Å². The quantitative estimate of drug-likeness (QED) is 0.508. The predicted molar refractivity (Wildman–Crippen MR) is 49.9 cm³/mol. The summed E-state index contributed by atoms with van der Waals surface area (Å²) >= 11 is 5.76. The second-order valence-electron chi connectivity index (χ2n) is 2.91. The van der Waals surface area contributed by atoms with Crippen molar-refractivity contribution in [3.05, 3.63) is 28.3 Å². The summed E-state index contributed by atoms with van der Waals surface area (Å²) in [5.41, 5.74) is 7.63. The summed E-state index contributed by atoms with van der Waals surface area (Å²) in [6, 6.07) is 3.24. The average Bonchev–Trinajstić information content (AvgIpc) is 2.07. The molecule has 2 N–H and O–H groups in total. The fraction of sp³-hybridized carbons (Fsp3) is 0.222. The Morgan fingerprint density at radius 1 is 1.46 bits per heavy atom. The molecule has 0 amide bonds. The molecule has 0 unspecified atom stereocenters. The number of carbonyl (C=O) groups is 1. The largest absolute Gasteiger partial charge is 0.462 e. The Labute approximate surface area is 80.4 Å². The third kappa shape index (κ3) is 1.35. The lowest BCUT2D eigenvalue weighted by atomic mass is 10.0. The average molecular weight is 198 g/mol. The van der Waals surface area contributed by atoms with Gasteiger partial charge >= 0.3 is 5.97 Å². The van der Waals surface area contributed by atoms with Gasteiger partial charge in [-0.3, -0.25) is 0 Å². The fourth-order valence-electron chi connectivity index (χ4n) is 1.44. The molecule has 3 nitrogen and oxygen atoms in total. The van der Waals surface area contributed by atoms with Crippen LogP contribution < -0.4 is 5.73 Å². The monoisotopic (exact) mass is 197 g/mol. The van der Waals surface area contributed by atoms with Crippen molar-refractivity contribution in [2.24, 2.45) is 0 Å². The normalized spacial score (nSPS) is 15.0. The van der Waals surface area contributed by atoms with E-state index >= 15 is 0 Å². The van der Waals surface area contributed by atoms with E-state index in [4.69, 9.17) is 22.1 Å². The van der Waals surface area contributed by atoms with Gasteiger partial charge in [0.25, 0.3) is 0 Å². The second kappa shape index (κ2) is 2.92. The van der Waals surface area contributed by atoms with Crippen molar-refractivity contribution in [2.75, 3.05) is 12.3 Å². The Hall–Kier alpha value is -1.22. The van der Waals surface area contributed by atoms with E-state index < -0.39 is 0 Å². The minimum Gasteiger partial charge on any atom is -0.462 e. The number of hydrogen-bond acceptors (Lipinski definition) is 3. The predicted octanol–water partition coefficient (Wildman–Crippen LogP) is 1.64. The van der Waals surface area contributed by atoms with Crippen LogP contribution in [0.15, 0.2) is 12.1 Å². The van der Waals surface area contributed by atoms with Crippen LogP contribution in [0.3, 0.4) is 0 Å². The minimum absolute atomic E-state index is 0.338. The first kappa shape index (κ1) is 8.38. The fourth-order valence-corrected chi connectivity index (χ4v) is 1.67. The Kier molecular flexibility index (Phi) is 1.88. The van der Waals surface area contributed by atoms with Crippen molar-refractivity contribution in [3.8, 4) is 0 Å². The first-order chi connectivity index (χ1) is 6.18. The van der Waals surface area contributed by atoms with E-state index in [0.29, 0.717) is 29.3 Å². The van der Waals surface area contributed by atoms with Gasteiger partial charge in [-0.05, 0) is 17.7 Å². The van der Waals surface area contributed by atoms with Crippen molar-refractivity contribution < 1.29 is 9.53 Å². The van der Waals surface area contributed by atoms with Crippen LogP contribution in [0, 0.1) is 0 Å². The zero-order valence-electron chi connectivity index (χ0n) is 6.84. The molecule has 13 heavy (non-hydrogen) atoms. The molecule has 2 rings (SSSR count). The van der Waals surface area contributed by atoms with Crippen LogP contribution in [0.5, 0.6) is 0 Å². The molecule has 4 heteroatoms. The zero-order valence-corrected chi connectivity index (χ0v) is 7.60. The second-order valence-corrected chi connectivity index (χ2v) is 3.34. The summed E-state index contributed by atoms with van der Waals surface area (Å²) in [6.07, 6.45) is 0.671. The molecular formula is C9H8ClNO2. The number of halogens is 1. The van der Waals surface area contributed by atoms with Gasteiger partial charge in [0, 0.05) is 17.1 Å². The van der Waals surface area contributed by atoms with Crippen LogP contribution in [0.4, 0.5) is 5.69 Å². The number of rotatable bonds is 0. The number of carbonyl (C=O) groups excluding carboxylic acids is 1. The van der Waals surface area contributed by atoms with Crippen molar-refractivity contribution in [1.29, 1.82) is 0 Å². The zero-order chi connectivity index (χ0) is 9.42. The topological polar surface area (TPSA) is 52.3 Å². The minimum atomic E-state index is -0.338. The molecule has 1 aromatic carbocycles. The van der Waals surface area contributed by atoms with Crippen molar-refractivity contribution in [3.63, 3.8) is 0 Å². The third-order valence-electron chi connectivity index (χ3n) is 2.05. The summed E-state index contributed by atoms with van der Waals surface area (Å²) in [6.45, 7) is 0.400. The molecule has 0 radical (unpaired) electrons. The van der Waals surface area contributed by atoms with Crippen LogP contribution in [0.2, 0.25) is 5.02 Å². The maximum Gasteiger partial charge on any atom is 0.338 e. The van der Waals surface area contributed by atoms with E-state index in [9.17, 15) is 4.79 Å². The Morgan fingerprint density at radius 3 is 3.00 bits per heavy atom. The maximum absolute atomic E-state index is 11.3. The molecule has 1 aromatic rings. The standard InChI is InChI=1S/C9H8ClNO2/c10-5-3-7-6(8(11)4-5)1-2-13-9(7)12/h3-4H,1-2,11H2. The molecule has 1 aliphatic heterocycles. The lowest BCUT2D eigenvalue weighted by Crippen LogP contribution is -2.18. The number of nitrogen functional groups attached to an aromatic ring is 1. The van der Waals surface area contributed by atoms with E-state index in [2.05, 4.69) is 0 Å². The number of anilines is 1. The number of cyclic esters (lactones) is 1. The molecule has 0 spiro atoms. The number of fused-ring (bicyclic) bond motifs is 1. The molecule has 0 aliphatic carbocycles. The van der Waals surface area contributed by atoms with E-state index in [1.807, 2.05) is 0 Å². The number of nitrogens with two attached hydrogens (primary N) is 1. The van der Waals surface area contributed by atoms with Crippen LogP contribution >= 0.6 is 11.6 Å². The highest BCUT2D eigenvalue weighted by Crippen LogP contribution is 2.26. The highest BCUT2D eigenvalue weighted by atomic mass is 35.5. The van der Waals surface area contributed by atoms with Gasteiger partial charge in [-0.2, -0.15) is 0 Å². The molecule has 1 aliphatic rings. The van der Waals surface area contributed by atoms with Gasteiger partial charge in [-0.25, -0.2) is 4.79 Å². The number of hydrogen-bond donors (Lipinski definition) is 1. The molecule has 0 aromatic heterocycles. The lowest BCUT2D eigenvalue weighted by molar-refractivity contribution is 0.0481. The van der Waals surface area contributed by atoms with Crippen molar-refractivity contribution in [1.82, 2.24) is 0 Å². The van der Waals surface area contributed by atoms with Crippen molar-refractivity contribution in [2.45, 2.75) is 6.42 Å². The van der Waals surface area contributed by atoms with Gasteiger partial charge < -0.3 is 10.5 Å². The summed E-state index contributed by atoms with van der Waals surface area (Å²) in [5, 5.41) is 0.468. The Balaban J connectivity index is 2.63. The van der Waals surface area contributed by atoms with Crippen LogP contribution in [-0.2, 0) is 11.2 Å². The summed E-state index contributed by atoms with van der Waals surface area (Å²) in [5.74, 6) is -0.338. The van der Waals surface area contributed by atoms with Crippen LogP contribution in [0.25, 0.3) is 0 Å².